The van der Waals surface area contributed by atoms with E-state index >= 15 is 0 Å². The molecule has 6 aromatic rings. The Hall–Kier alpha value is -5.78. The highest BCUT2D eigenvalue weighted by Gasteiger charge is 2.36. The lowest BCUT2D eigenvalue weighted by Crippen LogP contribution is -2.15. The van der Waals surface area contributed by atoms with Gasteiger partial charge in [-0.25, -0.2) is 28.9 Å². The van der Waals surface area contributed by atoms with Crippen molar-refractivity contribution >= 4 is 52.5 Å². The molecule has 0 radical (unpaired) electrons. The van der Waals surface area contributed by atoms with Crippen LogP contribution < -0.4 is 0 Å². The van der Waals surface area contributed by atoms with E-state index in [2.05, 4.69) is 25.2 Å². The van der Waals surface area contributed by atoms with Gasteiger partial charge in [0.2, 0.25) is 0 Å². The minimum absolute atomic E-state index is 0.0714. The van der Waals surface area contributed by atoms with Gasteiger partial charge in [-0.15, -0.1) is 21.8 Å². The summed E-state index contributed by atoms with van der Waals surface area (Å²) < 4.78 is 83.3. The predicted octanol–water partition coefficient (Wildman–Crippen LogP) is 9.03. The highest BCUT2D eigenvalue weighted by molar-refractivity contribution is 6.31. The van der Waals surface area contributed by atoms with Gasteiger partial charge in [0.05, 0.1) is 40.6 Å². The van der Waals surface area contributed by atoms with Crippen molar-refractivity contribution in [2.75, 3.05) is 0 Å². The summed E-state index contributed by atoms with van der Waals surface area (Å²) in [4.78, 5) is 34.4. The number of nitrogens with zero attached hydrogens (tertiary/aromatic N) is 7. The van der Waals surface area contributed by atoms with Gasteiger partial charge in [0, 0.05) is 26.7 Å². The highest BCUT2D eigenvalue weighted by Crippen LogP contribution is 2.40. The number of fused-ring (bicyclic) bond motifs is 3. The molecule has 2 N–H and O–H groups in total. The number of alkyl halides is 7. The Morgan fingerprint density at radius 2 is 1.15 bits per heavy atom. The van der Waals surface area contributed by atoms with Crippen LogP contribution in [0.5, 0.6) is 0 Å². The van der Waals surface area contributed by atoms with Crippen molar-refractivity contribution in [3.63, 3.8) is 0 Å². The summed E-state index contributed by atoms with van der Waals surface area (Å²) >= 11 is 17.9. The summed E-state index contributed by atoms with van der Waals surface area (Å²) in [5.74, 6) is -3.57. The number of carboxylic acid groups (broad SMARTS) is 2. The van der Waals surface area contributed by atoms with Crippen LogP contribution in [0.4, 0.5) is 26.3 Å². The molecular weight excluding hydrogens is 803 g/mol. The quantitative estimate of drug-likeness (QED) is 0.125. The third-order valence-electron chi connectivity index (χ3n) is 7.87. The molecule has 0 unspecified atom stereocenters. The Bertz CT molecular complexity index is 2500. The molecule has 0 saturated carbocycles. The average Bonchev–Trinajstić information content (AvgIpc) is 3.74. The summed E-state index contributed by atoms with van der Waals surface area (Å²) in [5.41, 5.74) is -0.932. The van der Waals surface area contributed by atoms with E-state index in [1.807, 2.05) is 0 Å². The van der Waals surface area contributed by atoms with Crippen LogP contribution in [0.1, 0.15) is 55.1 Å². The molecule has 0 saturated heterocycles. The van der Waals surface area contributed by atoms with Gasteiger partial charge in [0.15, 0.2) is 5.82 Å². The number of aromatic carboxylic acids is 2. The summed E-state index contributed by atoms with van der Waals surface area (Å²) in [6.45, 7) is -0.145. The largest absolute Gasteiger partial charge is 0.475 e. The Balaban J connectivity index is 0.000000187. The molecule has 11 nitrogen and oxygen atoms in total. The van der Waals surface area contributed by atoms with Gasteiger partial charge in [-0.05, 0) is 54.1 Å². The van der Waals surface area contributed by atoms with Crippen LogP contribution in [0.2, 0.25) is 10.0 Å². The molecule has 0 amide bonds. The van der Waals surface area contributed by atoms with Crippen molar-refractivity contribution in [1.29, 1.82) is 0 Å². The second-order valence-electron chi connectivity index (χ2n) is 11.3. The Morgan fingerprint density at radius 3 is 1.71 bits per heavy atom. The lowest BCUT2D eigenvalue weighted by Gasteiger charge is -2.16. The fourth-order valence-corrected chi connectivity index (χ4v) is 6.12. The molecule has 0 fully saturated rings. The van der Waals surface area contributed by atoms with Gasteiger partial charge in [-0.1, -0.05) is 59.6 Å². The van der Waals surface area contributed by atoms with Crippen LogP contribution in [0.15, 0.2) is 89.9 Å². The van der Waals surface area contributed by atoms with E-state index in [4.69, 9.17) is 45.0 Å². The Labute approximate surface area is 320 Å². The molecule has 0 bridgehead atoms. The molecule has 4 aromatic carbocycles. The summed E-state index contributed by atoms with van der Waals surface area (Å²) in [5, 5.41) is 26.5. The molecule has 3 heterocycles. The van der Waals surface area contributed by atoms with Crippen molar-refractivity contribution in [3.05, 3.63) is 141 Å². The Kier molecular flexibility index (Phi) is 10.7. The molecule has 282 valence electrons. The van der Waals surface area contributed by atoms with E-state index in [-0.39, 0.29) is 62.2 Å². The molecule has 2 aromatic heterocycles. The van der Waals surface area contributed by atoms with Gasteiger partial charge in [-0.3, -0.25) is 4.99 Å². The molecule has 0 atom stereocenters. The van der Waals surface area contributed by atoms with E-state index in [1.165, 1.54) is 71.4 Å². The second-order valence-corrected chi connectivity index (χ2v) is 12.5. The van der Waals surface area contributed by atoms with Crippen molar-refractivity contribution in [1.82, 2.24) is 29.5 Å². The first-order chi connectivity index (χ1) is 26.0. The van der Waals surface area contributed by atoms with Gasteiger partial charge < -0.3 is 10.2 Å². The zero-order valence-corrected chi connectivity index (χ0v) is 29.5. The summed E-state index contributed by atoms with van der Waals surface area (Å²) in [6.07, 6.45) is -9.17. The first-order valence-electron chi connectivity index (χ1n) is 15.4. The first-order valence-corrected chi connectivity index (χ1v) is 16.7. The number of benzene rings is 4. The van der Waals surface area contributed by atoms with Gasteiger partial charge in [0.1, 0.15) is 5.82 Å². The van der Waals surface area contributed by atoms with E-state index in [0.29, 0.717) is 11.3 Å². The maximum absolute atomic E-state index is 13.5. The lowest BCUT2D eigenvalue weighted by molar-refractivity contribution is -0.138. The first kappa shape index (κ1) is 38.9. The number of carbonyl (C=O) groups is 2. The topological polar surface area (TPSA) is 148 Å². The van der Waals surface area contributed by atoms with E-state index in [9.17, 15) is 35.9 Å². The molecule has 1 aliphatic rings. The highest BCUT2D eigenvalue weighted by atomic mass is 35.5. The fraction of sp³-hybridized carbons (Fsp3) is 0.114. The fourth-order valence-electron chi connectivity index (χ4n) is 5.60. The third-order valence-corrected chi connectivity index (χ3v) is 8.58. The van der Waals surface area contributed by atoms with E-state index < -0.39 is 47.1 Å². The molecule has 55 heavy (non-hydrogen) atoms. The van der Waals surface area contributed by atoms with Crippen molar-refractivity contribution in [2.24, 2.45) is 4.99 Å². The average molecular weight is 823 g/mol. The van der Waals surface area contributed by atoms with Gasteiger partial charge in [-0.2, -0.15) is 26.3 Å². The zero-order valence-electron chi connectivity index (χ0n) is 27.2. The normalized spacial score (nSPS) is 12.5. The van der Waals surface area contributed by atoms with Crippen molar-refractivity contribution in [2.45, 2.75) is 24.8 Å². The van der Waals surface area contributed by atoms with Crippen molar-refractivity contribution in [3.8, 4) is 22.5 Å². The second kappa shape index (κ2) is 15.2. The number of halogens is 9. The monoisotopic (exact) mass is 821 g/mol. The molecule has 1 aliphatic heterocycles. The molecule has 0 spiro atoms. The van der Waals surface area contributed by atoms with Crippen molar-refractivity contribution < 1.29 is 46.1 Å². The number of hydrogen-bond donors (Lipinski definition) is 2. The standard InChI is InChI=1S/C18H10ClF3N4O2.C17H10Cl2F3N3O2/c19-9-5-6-13-11(7-9)15(10-3-1-2-4-12(10)18(20,21)22)23-8-14-24-16(17(27)28)25-26(13)14;18-8-14-23-15(16(26)27)24-25(14)13-6-5-9(19)7-11(13)10-3-1-2-4-12(10)17(20,21)22/h1-7H,8H2,(H,27,28);1-7H,8H2,(H,26,27). The maximum Gasteiger partial charge on any atom is 0.417 e. The zero-order chi connectivity index (χ0) is 39.8. The summed E-state index contributed by atoms with van der Waals surface area (Å²) in [7, 11) is 0. The molecule has 0 aliphatic carbocycles. The van der Waals surface area contributed by atoms with E-state index in [1.54, 1.807) is 6.07 Å². The molecule has 7 rings (SSSR count). The van der Waals surface area contributed by atoms with Crippen LogP contribution in [0.25, 0.3) is 22.5 Å². The van der Waals surface area contributed by atoms with Crippen LogP contribution in [0.3, 0.4) is 0 Å². The van der Waals surface area contributed by atoms with Crippen LogP contribution >= 0.6 is 34.8 Å². The van der Waals surface area contributed by atoms with Crippen LogP contribution in [-0.4, -0.2) is 57.4 Å². The SMILES string of the molecule is O=C(O)c1nc(CCl)n(-c2ccc(Cl)cc2-c2ccccc2C(F)(F)F)n1.O=C(O)c1nc2n(n1)-c1ccc(Cl)cc1C(c1ccccc1C(F)(F)F)=NC2. The molecule has 20 heteroatoms. The van der Waals surface area contributed by atoms with Crippen LogP contribution in [-0.2, 0) is 24.8 Å². The van der Waals surface area contributed by atoms with Crippen LogP contribution in [0, 0.1) is 0 Å². The minimum atomic E-state index is -4.60. The number of aliphatic imine (C=N–C) groups is 1. The smallest absolute Gasteiger partial charge is 0.417 e. The molecular formula is C35H20Cl3F6N7O4. The summed E-state index contributed by atoms with van der Waals surface area (Å²) in [6, 6.07) is 18.9. The predicted molar refractivity (Wildman–Crippen MR) is 187 cm³/mol. The Morgan fingerprint density at radius 1 is 0.655 bits per heavy atom. The number of aromatic nitrogens is 6. The number of carboxylic acids is 2. The lowest BCUT2D eigenvalue weighted by atomic mass is 9.96. The van der Waals surface area contributed by atoms with Gasteiger partial charge >= 0.3 is 24.3 Å². The number of rotatable bonds is 6. The van der Waals surface area contributed by atoms with Gasteiger partial charge in [0.25, 0.3) is 11.6 Å². The number of hydrogen-bond acceptors (Lipinski definition) is 7. The van der Waals surface area contributed by atoms with E-state index in [0.717, 1.165) is 16.8 Å². The third kappa shape index (κ3) is 8.04. The minimum Gasteiger partial charge on any atom is -0.475 e. The maximum atomic E-state index is 13.5.